The van der Waals surface area contributed by atoms with Crippen molar-refractivity contribution in [1.82, 2.24) is 15.3 Å². The topological polar surface area (TPSA) is 61.0 Å². The number of hydrogen-bond acceptors (Lipinski definition) is 4. The maximum absolute atomic E-state index is 13.1. The van der Waals surface area contributed by atoms with Gasteiger partial charge < -0.3 is 10.2 Å². The molecule has 2 N–H and O–H groups in total. The molecule has 0 unspecified atom stereocenters. The summed E-state index contributed by atoms with van der Waals surface area (Å²) in [7, 11) is 0. The van der Waals surface area contributed by atoms with Crippen molar-refractivity contribution in [2.24, 2.45) is 0 Å². The van der Waals surface area contributed by atoms with Crippen LogP contribution < -0.4 is 15.8 Å². The predicted octanol–water partition coefficient (Wildman–Crippen LogP) is 0.472. The zero-order valence-electron chi connectivity index (χ0n) is 9.74. The van der Waals surface area contributed by atoms with Crippen molar-refractivity contribution in [3.63, 3.8) is 0 Å². The van der Waals surface area contributed by atoms with Crippen LogP contribution >= 0.6 is 0 Å². The average molecular weight is 248 g/mol. The summed E-state index contributed by atoms with van der Waals surface area (Å²) in [4.78, 5) is 21.0. The molecule has 5 nitrogen and oxygen atoms in total. The predicted molar refractivity (Wildman–Crippen MR) is 67.4 cm³/mol. The van der Waals surface area contributed by atoms with Crippen LogP contribution in [0.25, 0.3) is 10.9 Å². The van der Waals surface area contributed by atoms with E-state index >= 15 is 0 Å². The molecule has 2 aromatic rings. The number of anilines is 1. The number of rotatable bonds is 1. The van der Waals surface area contributed by atoms with Crippen LogP contribution in [0.3, 0.4) is 0 Å². The second-order valence-corrected chi connectivity index (χ2v) is 4.29. The van der Waals surface area contributed by atoms with Crippen molar-refractivity contribution < 1.29 is 4.39 Å². The van der Waals surface area contributed by atoms with E-state index in [0.29, 0.717) is 11.5 Å². The van der Waals surface area contributed by atoms with E-state index in [1.54, 1.807) is 0 Å². The quantitative estimate of drug-likeness (QED) is 0.770. The molecule has 1 saturated heterocycles. The van der Waals surface area contributed by atoms with Crippen LogP contribution in [-0.2, 0) is 0 Å². The standard InChI is InChI=1S/C12H13FN4O/c13-8-1-2-10-9(7-8)11(18)16-12(15-10)17-5-3-14-4-6-17/h1-2,7,14H,3-6H2,(H,15,16,18). The van der Waals surface area contributed by atoms with Gasteiger partial charge in [0.2, 0.25) is 5.95 Å². The molecule has 0 saturated carbocycles. The third-order valence-electron chi connectivity index (χ3n) is 3.07. The maximum atomic E-state index is 13.1. The normalized spacial score (nSPS) is 16.2. The molecule has 2 heterocycles. The van der Waals surface area contributed by atoms with Crippen LogP contribution in [-0.4, -0.2) is 36.1 Å². The van der Waals surface area contributed by atoms with E-state index < -0.39 is 5.82 Å². The molecule has 1 aliphatic heterocycles. The van der Waals surface area contributed by atoms with E-state index in [1.165, 1.54) is 18.2 Å². The molecule has 0 spiro atoms. The van der Waals surface area contributed by atoms with Gasteiger partial charge in [0.15, 0.2) is 0 Å². The number of benzene rings is 1. The van der Waals surface area contributed by atoms with Crippen LogP contribution in [0, 0.1) is 5.82 Å². The highest BCUT2D eigenvalue weighted by Gasteiger charge is 2.14. The first-order valence-corrected chi connectivity index (χ1v) is 5.89. The summed E-state index contributed by atoms with van der Waals surface area (Å²) in [5, 5.41) is 3.52. The van der Waals surface area contributed by atoms with Crippen molar-refractivity contribution in [2.75, 3.05) is 31.1 Å². The van der Waals surface area contributed by atoms with Gasteiger partial charge >= 0.3 is 0 Å². The largest absolute Gasteiger partial charge is 0.340 e. The fourth-order valence-electron chi connectivity index (χ4n) is 2.12. The average Bonchev–Trinajstić information content (AvgIpc) is 2.40. The number of aromatic amines is 1. The van der Waals surface area contributed by atoms with Gasteiger partial charge in [-0.05, 0) is 18.2 Å². The van der Waals surface area contributed by atoms with Gasteiger partial charge in [0.25, 0.3) is 5.56 Å². The Balaban J connectivity index is 2.09. The molecule has 0 bridgehead atoms. The Morgan fingerprint density at radius 1 is 1.28 bits per heavy atom. The lowest BCUT2D eigenvalue weighted by Gasteiger charge is -2.27. The number of piperazine rings is 1. The summed E-state index contributed by atoms with van der Waals surface area (Å²) >= 11 is 0. The van der Waals surface area contributed by atoms with Gasteiger partial charge in [-0.25, -0.2) is 9.37 Å². The minimum atomic E-state index is -0.426. The lowest BCUT2D eigenvalue weighted by atomic mass is 10.2. The molecular formula is C12H13FN4O. The van der Waals surface area contributed by atoms with Crippen LogP contribution in [0.2, 0.25) is 0 Å². The molecule has 1 aromatic carbocycles. The number of halogens is 1. The van der Waals surface area contributed by atoms with Crippen molar-refractivity contribution in [3.8, 4) is 0 Å². The van der Waals surface area contributed by atoms with Crippen LogP contribution in [0.4, 0.5) is 10.3 Å². The minimum absolute atomic E-state index is 0.286. The summed E-state index contributed by atoms with van der Waals surface area (Å²) < 4.78 is 13.1. The number of H-pyrrole nitrogens is 1. The first-order chi connectivity index (χ1) is 8.74. The monoisotopic (exact) mass is 248 g/mol. The van der Waals surface area contributed by atoms with Gasteiger partial charge in [-0.3, -0.25) is 9.78 Å². The second-order valence-electron chi connectivity index (χ2n) is 4.29. The van der Waals surface area contributed by atoms with Gasteiger partial charge in [-0.15, -0.1) is 0 Å². The Hall–Kier alpha value is -1.95. The Kier molecular flexibility index (Phi) is 2.71. The molecule has 0 atom stereocenters. The second kappa shape index (κ2) is 4.38. The molecule has 0 aliphatic carbocycles. The highest BCUT2D eigenvalue weighted by Crippen LogP contribution is 2.13. The van der Waals surface area contributed by atoms with Crippen molar-refractivity contribution >= 4 is 16.9 Å². The summed E-state index contributed by atoms with van der Waals surface area (Å²) in [6.45, 7) is 3.33. The van der Waals surface area contributed by atoms with Crippen molar-refractivity contribution in [2.45, 2.75) is 0 Å². The number of fused-ring (bicyclic) bond motifs is 1. The Labute approximate surface area is 103 Å². The highest BCUT2D eigenvalue weighted by molar-refractivity contribution is 5.78. The van der Waals surface area contributed by atoms with E-state index in [-0.39, 0.29) is 10.9 Å². The molecule has 6 heteroatoms. The smallest absolute Gasteiger partial charge is 0.260 e. The molecule has 18 heavy (non-hydrogen) atoms. The third kappa shape index (κ3) is 1.95. The van der Waals surface area contributed by atoms with Gasteiger partial charge in [-0.1, -0.05) is 0 Å². The summed E-state index contributed by atoms with van der Waals surface area (Å²) in [6, 6.07) is 4.06. The Morgan fingerprint density at radius 2 is 2.06 bits per heavy atom. The van der Waals surface area contributed by atoms with E-state index in [1.807, 2.05) is 4.90 Å². The van der Waals surface area contributed by atoms with Crippen molar-refractivity contribution in [1.29, 1.82) is 0 Å². The molecule has 1 aliphatic rings. The van der Waals surface area contributed by atoms with Crippen LogP contribution in [0.15, 0.2) is 23.0 Å². The minimum Gasteiger partial charge on any atom is -0.340 e. The molecular weight excluding hydrogens is 235 g/mol. The van der Waals surface area contributed by atoms with E-state index in [4.69, 9.17) is 0 Å². The first-order valence-electron chi connectivity index (χ1n) is 5.89. The summed E-state index contributed by atoms with van der Waals surface area (Å²) in [5.41, 5.74) is 0.224. The van der Waals surface area contributed by atoms with Crippen molar-refractivity contribution in [3.05, 3.63) is 34.4 Å². The number of aromatic nitrogens is 2. The Bertz CT molecular complexity index is 634. The van der Waals surface area contributed by atoms with Gasteiger partial charge in [0, 0.05) is 26.2 Å². The fraction of sp³-hybridized carbons (Fsp3) is 0.333. The number of nitrogens with zero attached hydrogens (tertiary/aromatic N) is 2. The highest BCUT2D eigenvalue weighted by atomic mass is 19.1. The lowest BCUT2D eigenvalue weighted by molar-refractivity contribution is 0.580. The van der Waals surface area contributed by atoms with E-state index in [0.717, 1.165) is 26.2 Å². The van der Waals surface area contributed by atoms with Crippen LogP contribution in [0.1, 0.15) is 0 Å². The van der Waals surface area contributed by atoms with Gasteiger partial charge in [-0.2, -0.15) is 0 Å². The van der Waals surface area contributed by atoms with Gasteiger partial charge in [0.1, 0.15) is 5.82 Å². The SMILES string of the molecule is O=c1[nH]c(N2CCNCC2)nc2ccc(F)cc12. The first kappa shape index (κ1) is 11.2. The summed E-state index contributed by atoms with van der Waals surface area (Å²) in [5.74, 6) is 0.130. The molecule has 0 radical (unpaired) electrons. The number of nitrogens with one attached hydrogen (secondary N) is 2. The molecule has 3 rings (SSSR count). The molecule has 94 valence electrons. The molecule has 1 aromatic heterocycles. The summed E-state index contributed by atoms with van der Waals surface area (Å²) in [6.07, 6.45) is 0. The lowest BCUT2D eigenvalue weighted by Crippen LogP contribution is -2.44. The van der Waals surface area contributed by atoms with E-state index in [2.05, 4.69) is 15.3 Å². The number of hydrogen-bond donors (Lipinski definition) is 2. The maximum Gasteiger partial charge on any atom is 0.260 e. The van der Waals surface area contributed by atoms with Gasteiger partial charge in [0.05, 0.1) is 10.9 Å². The van der Waals surface area contributed by atoms with E-state index in [9.17, 15) is 9.18 Å². The third-order valence-corrected chi connectivity index (χ3v) is 3.07. The molecule has 0 amide bonds. The Morgan fingerprint density at radius 3 is 2.83 bits per heavy atom. The zero-order valence-corrected chi connectivity index (χ0v) is 9.74. The fourth-order valence-corrected chi connectivity index (χ4v) is 2.12. The van der Waals surface area contributed by atoms with Crippen LogP contribution in [0.5, 0.6) is 0 Å². The zero-order chi connectivity index (χ0) is 12.5. The molecule has 1 fully saturated rings.